The molecule has 0 bridgehead atoms. The molecule has 92 heavy (non-hydrogen) atoms. The lowest BCUT2D eigenvalue weighted by Gasteiger charge is -2.58. The number of fused-ring (bicyclic) bond motifs is 10. The van der Waals surface area contributed by atoms with Crippen LogP contribution in [0.4, 0.5) is 0 Å². The van der Waals surface area contributed by atoms with Crippen LogP contribution in [0.5, 0.6) is 0 Å². The van der Waals surface area contributed by atoms with Crippen molar-refractivity contribution in [2.75, 3.05) is 0 Å². The Kier molecular flexibility index (Phi) is 33.7. The van der Waals surface area contributed by atoms with E-state index < -0.39 is 0 Å². The van der Waals surface area contributed by atoms with Gasteiger partial charge in [0, 0.05) is 25.7 Å². The van der Waals surface area contributed by atoms with Gasteiger partial charge in [-0.25, -0.2) is 0 Å². The maximum absolute atomic E-state index is 12.8. The molecule has 0 radical (unpaired) electrons. The Hall–Kier alpha value is -1.58. The second-order valence-electron chi connectivity index (χ2n) is 36.0. The molecular formula is C88H156O4. The SMILES string of the molecule is CCCCCCCCCCCCCCCC(=O)OC1CC[C@@]2(C)C(=CCC3C2CC[C@@]2(C)C3CC[C@@H]2[C@H](C)CCCC(C)C)C1.CCCCCCCCCCCCCCCCCC(=O)OC1CC[C@@]2(C)C(=CCC3C2CC[C@@]2(C)C3CC[C@@H]2[C@H](C)CCCC(C)C)C1. The number of unbranched alkanes of at least 4 members (excludes halogenated alkanes) is 26. The van der Waals surface area contributed by atoms with Crippen molar-refractivity contribution in [2.24, 2.45) is 92.7 Å². The molecule has 0 amide bonds. The van der Waals surface area contributed by atoms with E-state index in [-0.39, 0.29) is 24.1 Å². The Morgan fingerprint density at radius 3 is 1.01 bits per heavy atom. The number of carbonyl (C=O) groups is 2. The number of rotatable bonds is 42. The van der Waals surface area contributed by atoms with Gasteiger partial charge in [0.25, 0.3) is 0 Å². The molecule has 0 N–H and O–H groups in total. The van der Waals surface area contributed by atoms with Crippen LogP contribution in [0.1, 0.15) is 417 Å². The summed E-state index contributed by atoms with van der Waals surface area (Å²) in [5, 5.41) is 0. The highest BCUT2D eigenvalue weighted by Gasteiger charge is 2.61. The van der Waals surface area contributed by atoms with Gasteiger partial charge in [0.05, 0.1) is 0 Å². The minimum Gasteiger partial charge on any atom is -0.462 e. The lowest BCUT2D eigenvalue weighted by atomic mass is 9.47. The zero-order chi connectivity index (χ0) is 66.0. The van der Waals surface area contributed by atoms with Crippen molar-refractivity contribution in [1.82, 2.24) is 0 Å². The Labute approximate surface area is 573 Å². The van der Waals surface area contributed by atoms with Gasteiger partial charge in [0.15, 0.2) is 0 Å². The van der Waals surface area contributed by atoms with Crippen LogP contribution < -0.4 is 0 Å². The molecule has 8 unspecified atom stereocenters. The highest BCUT2D eigenvalue weighted by molar-refractivity contribution is 5.70. The molecule has 0 aromatic heterocycles. The molecule has 0 spiro atoms. The molecule has 8 aliphatic rings. The molecule has 4 heteroatoms. The molecular weight excluding hydrogens is 1120 g/mol. The van der Waals surface area contributed by atoms with Crippen LogP contribution in [0, 0.1) is 92.7 Å². The molecule has 6 fully saturated rings. The molecule has 0 heterocycles. The lowest BCUT2D eigenvalue weighted by molar-refractivity contribution is -0.152. The summed E-state index contributed by atoms with van der Waals surface area (Å²) in [5.74, 6) is 10.7. The van der Waals surface area contributed by atoms with Crippen LogP contribution in [0.3, 0.4) is 0 Å². The third-order valence-corrected chi connectivity index (χ3v) is 28.6. The van der Waals surface area contributed by atoms with Crippen molar-refractivity contribution in [3.63, 3.8) is 0 Å². The van der Waals surface area contributed by atoms with Crippen molar-refractivity contribution in [1.29, 1.82) is 0 Å². The monoisotopic (exact) mass is 1280 g/mol. The van der Waals surface area contributed by atoms with Gasteiger partial charge in [-0.2, -0.15) is 0 Å². The first-order chi connectivity index (χ1) is 44.4. The number of ether oxygens (including phenoxy) is 2. The molecule has 8 rings (SSSR count). The first-order valence-electron chi connectivity index (χ1n) is 42.2. The van der Waals surface area contributed by atoms with Crippen molar-refractivity contribution in [3.8, 4) is 0 Å². The van der Waals surface area contributed by atoms with Gasteiger partial charge in [-0.3, -0.25) is 9.59 Å². The third-order valence-electron chi connectivity index (χ3n) is 28.6. The van der Waals surface area contributed by atoms with E-state index in [4.69, 9.17) is 9.47 Å². The summed E-state index contributed by atoms with van der Waals surface area (Å²) in [5.41, 5.74) is 5.08. The minimum absolute atomic E-state index is 0.0638. The number of hydrogen-bond acceptors (Lipinski definition) is 4. The molecule has 0 aromatic rings. The maximum atomic E-state index is 12.8. The van der Waals surface area contributed by atoms with Gasteiger partial charge in [-0.05, 0) is 195 Å². The number of hydrogen-bond donors (Lipinski definition) is 0. The van der Waals surface area contributed by atoms with Crippen molar-refractivity contribution >= 4 is 11.9 Å². The van der Waals surface area contributed by atoms with E-state index in [9.17, 15) is 9.59 Å². The Bertz CT molecular complexity index is 2130. The summed E-state index contributed by atoms with van der Waals surface area (Å²) in [6, 6.07) is 0. The summed E-state index contributed by atoms with van der Waals surface area (Å²) >= 11 is 0. The Morgan fingerprint density at radius 1 is 0.380 bits per heavy atom. The predicted molar refractivity (Wildman–Crippen MR) is 396 cm³/mol. The summed E-state index contributed by atoms with van der Waals surface area (Å²) in [7, 11) is 0. The van der Waals surface area contributed by atoms with E-state index in [1.54, 1.807) is 11.1 Å². The lowest BCUT2D eigenvalue weighted by Crippen LogP contribution is -2.51. The number of allylic oxidation sites excluding steroid dienone is 2. The summed E-state index contributed by atoms with van der Waals surface area (Å²) < 4.78 is 12.3. The average molecular weight is 1280 g/mol. The number of esters is 2. The minimum atomic E-state index is 0.0638. The van der Waals surface area contributed by atoms with Gasteiger partial charge >= 0.3 is 11.9 Å². The molecule has 0 saturated heterocycles. The fourth-order valence-corrected chi connectivity index (χ4v) is 22.9. The molecule has 4 nitrogen and oxygen atoms in total. The van der Waals surface area contributed by atoms with Crippen LogP contribution in [0.15, 0.2) is 23.3 Å². The van der Waals surface area contributed by atoms with E-state index in [0.717, 1.165) is 110 Å². The van der Waals surface area contributed by atoms with Crippen molar-refractivity contribution in [2.45, 2.75) is 429 Å². The van der Waals surface area contributed by atoms with Crippen LogP contribution in [0.25, 0.3) is 0 Å². The number of carbonyl (C=O) groups excluding carboxylic acids is 2. The summed E-state index contributed by atoms with van der Waals surface area (Å²) in [4.78, 5) is 25.6. The average Bonchev–Trinajstić information content (AvgIpc) is 1.37. The van der Waals surface area contributed by atoms with Crippen LogP contribution in [-0.4, -0.2) is 24.1 Å². The standard InChI is InChI=1S/C45H80O2.C43H76O2/c1-7-8-9-10-11-12-13-14-15-16-17-18-19-20-21-25-43(46)47-38-30-32-44(5)37(34-38)26-27-39-41-29-28-40(36(4)24-22-23-35(2)3)45(41,6)33-31-42(39)44;1-7-8-9-10-11-12-13-14-15-16-17-18-19-23-41(44)45-36-28-30-42(5)35(32-36)24-25-37-39-27-26-38(34(4)22-20-21-33(2)3)43(39,6)31-29-40(37)42/h26,35-36,38-42H,7-25,27-34H2,1-6H3;24,33-34,36-40H,7-23,25-32H2,1-6H3/t36-,38?,39?,40-,41?,42?,44+,45-;34-,36?,37?,38-,39?,40?,42+,43-/m11/s1. The second-order valence-corrected chi connectivity index (χ2v) is 36.0. The molecule has 0 aliphatic heterocycles. The topological polar surface area (TPSA) is 52.6 Å². The van der Waals surface area contributed by atoms with E-state index in [2.05, 4.69) is 95.2 Å². The van der Waals surface area contributed by atoms with Crippen LogP contribution in [-0.2, 0) is 19.1 Å². The first kappa shape index (κ1) is 77.8. The quantitative estimate of drug-likeness (QED) is 0.0347. The molecule has 6 saturated carbocycles. The first-order valence-corrected chi connectivity index (χ1v) is 42.2. The third kappa shape index (κ3) is 22.2. The Morgan fingerprint density at radius 2 is 0.696 bits per heavy atom. The smallest absolute Gasteiger partial charge is 0.306 e. The summed E-state index contributed by atoms with van der Waals surface area (Å²) in [6.07, 6.45) is 73.8. The fraction of sp³-hybridized carbons (Fsp3) is 0.932. The second kappa shape index (κ2) is 39.9. The van der Waals surface area contributed by atoms with E-state index in [1.807, 2.05) is 0 Å². The van der Waals surface area contributed by atoms with Crippen molar-refractivity contribution in [3.05, 3.63) is 23.3 Å². The highest BCUT2D eigenvalue weighted by atomic mass is 16.5. The maximum Gasteiger partial charge on any atom is 0.306 e. The zero-order valence-corrected chi connectivity index (χ0v) is 63.6. The predicted octanol–water partition coefficient (Wildman–Crippen LogP) is 27.6. The molecule has 0 aromatic carbocycles. The van der Waals surface area contributed by atoms with Gasteiger partial charge in [-0.15, -0.1) is 0 Å². The van der Waals surface area contributed by atoms with E-state index in [0.29, 0.717) is 34.5 Å². The zero-order valence-electron chi connectivity index (χ0n) is 63.6. The van der Waals surface area contributed by atoms with Crippen molar-refractivity contribution < 1.29 is 19.1 Å². The van der Waals surface area contributed by atoms with Crippen LogP contribution in [0.2, 0.25) is 0 Å². The Balaban J connectivity index is 0.000000261. The molecule has 16 atom stereocenters. The van der Waals surface area contributed by atoms with E-state index in [1.165, 1.54) is 283 Å². The molecule has 8 aliphatic carbocycles. The molecule has 532 valence electrons. The van der Waals surface area contributed by atoms with Gasteiger partial charge < -0.3 is 9.47 Å². The van der Waals surface area contributed by atoms with Gasteiger partial charge in [0.2, 0.25) is 0 Å². The van der Waals surface area contributed by atoms with Crippen LogP contribution >= 0.6 is 0 Å². The van der Waals surface area contributed by atoms with Gasteiger partial charge in [0.1, 0.15) is 12.2 Å². The van der Waals surface area contributed by atoms with Gasteiger partial charge in [-0.1, -0.05) is 312 Å². The van der Waals surface area contributed by atoms with E-state index >= 15 is 0 Å². The highest BCUT2D eigenvalue weighted by Crippen LogP contribution is 2.69. The largest absolute Gasteiger partial charge is 0.462 e. The fourth-order valence-electron chi connectivity index (χ4n) is 22.9. The normalized spacial score (nSPS) is 32.8. The summed E-state index contributed by atoms with van der Waals surface area (Å²) in [6.45, 7) is 29.9.